The lowest BCUT2D eigenvalue weighted by molar-refractivity contribution is -0.136. The van der Waals surface area contributed by atoms with Crippen molar-refractivity contribution in [3.8, 4) is 12.5 Å². The van der Waals surface area contributed by atoms with Gasteiger partial charge in [0.2, 0.25) is 0 Å². The van der Waals surface area contributed by atoms with Gasteiger partial charge in [-0.3, -0.25) is 14.5 Å². The Morgan fingerprint density at radius 1 is 1.15 bits per heavy atom. The zero-order chi connectivity index (χ0) is 25.5. The number of rotatable bonds is 7. The number of carbonyl (C=O) groups is 3. The number of benzene rings is 2. The molecular weight excluding hydrogens is 430 g/mol. The van der Waals surface area contributed by atoms with Crippen LogP contribution in [-0.4, -0.2) is 34.5 Å². The van der Waals surface area contributed by atoms with E-state index in [1.54, 1.807) is 57.2 Å². The van der Waals surface area contributed by atoms with Gasteiger partial charge in [0.05, 0.1) is 0 Å². The van der Waals surface area contributed by atoms with E-state index in [1.807, 2.05) is 25.1 Å². The quantitative estimate of drug-likeness (QED) is 0.464. The van der Waals surface area contributed by atoms with E-state index in [0.29, 0.717) is 11.3 Å². The number of alkyl carbamates (subject to hydrolysis) is 1. The van der Waals surface area contributed by atoms with Crippen molar-refractivity contribution in [3.05, 3.63) is 71.8 Å². The van der Waals surface area contributed by atoms with E-state index >= 15 is 0 Å². The molecule has 0 aliphatic carbocycles. The summed E-state index contributed by atoms with van der Waals surface area (Å²) >= 11 is 0. The van der Waals surface area contributed by atoms with E-state index in [0.717, 1.165) is 16.0 Å². The number of nitrogens with zero attached hydrogens (tertiary/aromatic N) is 1. The molecule has 7 nitrogen and oxygen atoms in total. The van der Waals surface area contributed by atoms with E-state index in [1.165, 1.54) is 6.92 Å². The lowest BCUT2D eigenvalue weighted by Crippen LogP contribution is -2.49. The zero-order valence-corrected chi connectivity index (χ0v) is 20.2. The minimum Gasteiger partial charge on any atom is -0.444 e. The number of terminal acetylenes is 1. The molecule has 7 heteroatoms. The second-order valence-electron chi connectivity index (χ2n) is 8.79. The molecule has 3 amide bonds. The van der Waals surface area contributed by atoms with Gasteiger partial charge in [-0.05, 0) is 63.4 Å². The Morgan fingerprint density at radius 2 is 1.82 bits per heavy atom. The topological polar surface area (TPSA) is 87.7 Å². The maximum absolute atomic E-state index is 13.5. The van der Waals surface area contributed by atoms with Crippen molar-refractivity contribution in [1.82, 2.24) is 10.2 Å². The summed E-state index contributed by atoms with van der Waals surface area (Å²) in [5.41, 5.74) is 1.98. The van der Waals surface area contributed by atoms with Crippen LogP contribution in [0.15, 0.2) is 55.1 Å². The molecule has 178 valence electrons. The smallest absolute Gasteiger partial charge is 0.408 e. The molecule has 0 aromatic heterocycles. The number of carbonyl (C=O) groups excluding carboxylic acids is 3. The van der Waals surface area contributed by atoms with Crippen molar-refractivity contribution in [2.24, 2.45) is 0 Å². The number of para-hydroxylation sites is 1. The van der Waals surface area contributed by atoms with Crippen LogP contribution in [0.2, 0.25) is 0 Å². The summed E-state index contributed by atoms with van der Waals surface area (Å²) < 4.78 is 5.22. The number of aryl methyl sites for hydroxylation is 1. The van der Waals surface area contributed by atoms with Gasteiger partial charge in [0, 0.05) is 11.7 Å². The molecule has 2 N–H and O–H groups in total. The molecule has 0 radical (unpaired) electrons. The number of ether oxygens (including phenoxy) is 1. The summed E-state index contributed by atoms with van der Waals surface area (Å²) in [7, 11) is 0. The molecule has 0 saturated carbocycles. The van der Waals surface area contributed by atoms with Gasteiger partial charge in [0.15, 0.2) is 0 Å². The largest absolute Gasteiger partial charge is 0.444 e. The van der Waals surface area contributed by atoms with E-state index in [9.17, 15) is 14.4 Å². The molecule has 0 aliphatic rings. The number of hydrogen-bond acceptors (Lipinski definition) is 4. The highest BCUT2D eigenvalue weighted by Gasteiger charge is 2.34. The fourth-order valence-electron chi connectivity index (χ4n) is 3.21. The van der Waals surface area contributed by atoms with E-state index in [4.69, 9.17) is 11.2 Å². The molecule has 2 aromatic rings. The number of hydrogen-bond donors (Lipinski definition) is 2. The van der Waals surface area contributed by atoms with Gasteiger partial charge in [-0.25, -0.2) is 4.79 Å². The molecule has 0 spiro atoms. The molecule has 0 heterocycles. The van der Waals surface area contributed by atoms with Crippen molar-refractivity contribution >= 4 is 29.7 Å². The lowest BCUT2D eigenvalue weighted by Gasteiger charge is -2.29. The maximum Gasteiger partial charge on any atom is 0.408 e. The highest BCUT2D eigenvalue weighted by atomic mass is 16.6. The average molecular weight is 462 g/mol. The van der Waals surface area contributed by atoms with Crippen molar-refractivity contribution in [2.45, 2.75) is 52.3 Å². The molecular formula is C27H31N3O4. The van der Waals surface area contributed by atoms with Crippen LogP contribution in [0.5, 0.6) is 0 Å². The molecule has 2 aromatic carbocycles. The van der Waals surface area contributed by atoms with Crippen LogP contribution in [0, 0.1) is 19.4 Å². The average Bonchev–Trinajstić information content (AvgIpc) is 2.77. The monoisotopic (exact) mass is 461 g/mol. The summed E-state index contributed by atoms with van der Waals surface area (Å²) in [6, 6.07) is 14.4. The zero-order valence-electron chi connectivity index (χ0n) is 20.2. The summed E-state index contributed by atoms with van der Waals surface area (Å²) in [5.74, 6) is -1.13. The highest BCUT2D eigenvalue weighted by molar-refractivity contribution is 6.00. The molecule has 0 saturated heterocycles. The third-order valence-electron chi connectivity index (χ3n) is 4.85. The Balaban J connectivity index is 2.40. The van der Waals surface area contributed by atoms with Gasteiger partial charge < -0.3 is 15.4 Å². The fraction of sp³-hybridized carbons (Fsp3) is 0.296. The van der Waals surface area contributed by atoms with E-state index in [-0.39, 0.29) is 0 Å². The Hall–Kier alpha value is -4.05. The van der Waals surface area contributed by atoms with Crippen molar-refractivity contribution in [1.29, 1.82) is 0 Å². The van der Waals surface area contributed by atoms with Gasteiger partial charge in [-0.2, -0.15) is 0 Å². The molecule has 0 aliphatic heterocycles. The minimum atomic E-state index is -1.15. The Bertz CT molecular complexity index is 1110. The van der Waals surface area contributed by atoms with Gasteiger partial charge in [0.25, 0.3) is 11.8 Å². The summed E-state index contributed by atoms with van der Waals surface area (Å²) in [5, 5.41) is 5.34. The third-order valence-corrected chi connectivity index (χ3v) is 4.85. The molecule has 0 bridgehead atoms. The van der Waals surface area contributed by atoms with Crippen molar-refractivity contribution in [2.75, 3.05) is 5.32 Å². The third kappa shape index (κ3) is 6.97. The van der Waals surface area contributed by atoms with Crippen LogP contribution in [0.1, 0.15) is 50.4 Å². The predicted molar refractivity (Wildman–Crippen MR) is 134 cm³/mol. The molecule has 0 fully saturated rings. The normalized spacial score (nSPS) is 12.5. The Kier molecular flexibility index (Phi) is 8.63. The maximum atomic E-state index is 13.5. The summed E-state index contributed by atoms with van der Waals surface area (Å²) in [4.78, 5) is 39.9. The fourth-order valence-corrected chi connectivity index (χ4v) is 3.21. The molecule has 2 atom stereocenters. The second kappa shape index (κ2) is 11.2. The number of amides is 3. The summed E-state index contributed by atoms with van der Waals surface area (Å²) in [6.07, 6.45) is 6.59. The first-order chi connectivity index (χ1) is 16.0. The first-order valence-corrected chi connectivity index (χ1v) is 10.8. The van der Waals surface area contributed by atoms with Gasteiger partial charge >= 0.3 is 6.09 Å². The number of nitrogens with one attached hydrogen (secondary N) is 2. The van der Waals surface area contributed by atoms with Crippen LogP contribution in [0.4, 0.5) is 10.5 Å². The molecule has 2 unspecified atom stereocenters. The van der Waals surface area contributed by atoms with Gasteiger partial charge in [0.1, 0.15) is 17.7 Å². The van der Waals surface area contributed by atoms with Crippen LogP contribution < -0.4 is 10.6 Å². The Morgan fingerprint density at radius 3 is 2.41 bits per heavy atom. The predicted octanol–water partition coefficient (Wildman–Crippen LogP) is 4.65. The van der Waals surface area contributed by atoms with Crippen molar-refractivity contribution < 1.29 is 19.1 Å². The SMILES string of the molecule is C#CN(C(=O)C(C)NC(=O)OC(C)(C)C)C(C(=O)Nc1ccccc1C)c1cccc(C=C)c1. The minimum absolute atomic E-state index is 0.494. The second-order valence-corrected chi connectivity index (χ2v) is 8.79. The van der Waals surface area contributed by atoms with E-state index < -0.39 is 35.6 Å². The lowest BCUT2D eigenvalue weighted by atomic mass is 10.0. The van der Waals surface area contributed by atoms with Crippen LogP contribution in [0.3, 0.4) is 0 Å². The van der Waals surface area contributed by atoms with Crippen LogP contribution in [0.25, 0.3) is 6.08 Å². The van der Waals surface area contributed by atoms with Crippen LogP contribution in [-0.2, 0) is 14.3 Å². The Labute approximate surface area is 201 Å². The van der Waals surface area contributed by atoms with Gasteiger partial charge in [-0.1, -0.05) is 55.5 Å². The highest BCUT2D eigenvalue weighted by Crippen LogP contribution is 2.26. The van der Waals surface area contributed by atoms with Gasteiger partial charge in [-0.15, -0.1) is 0 Å². The van der Waals surface area contributed by atoms with Crippen LogP contribution >= 0.6 is 0 Å². The first-order valence-electron chi connectivity index (χ1n) is 10.8. The standard InChI is InChI=1S/C27H31N3O4/c1-8-20-14-12-15-21(17-20)23(24(31)29-22-16-11-10-13-18(22)3)30(9-2)25(32)19(4)28-26(33)34-27(5,6)7/h2,8,10-17,19,23H,1H2,3-7H3,(H,28,33)(H,29,31). The molecule has 2 rings (SSSR count). The van der Waals surface area contributed by atoms with E-state index in [2.05, 4.69) is 23.3 Å². The summed E-state index contributed by atoms with van der Waals surface area (Å²) in [6.45, 7) is 12.2. The molecule has 34 heavy (non-hydrogen) atoms. The van der Waals surface area contributed by atoms with Crippen molar-refractivity contribution in [3.63, 3.8) is 0 Å². The number of anilines is 1. The first kappa shape index (κ1) is 26.2.